The third-order valence-electron chi connectivity index (χ3n) is 4.13. The fraction of sp³-hybridized carbons (Fsp3) is 0.350. The van der Waals surface area contributed by atoms with Crippen molar-refractivity contribution in [3.63, 3.8) is 0 Å². The van der Waals surface area contributed by atoms with Crippen LogP contribution in [0.1, 0.15) is 36.5 Å². The molecular weight excluding hydrogens is 316 g/mol. The van der Waals surface area contributed by atoms with Crippen LogP contribution in [-0.2, 0) is 0 Å². The van der Waals surface area contributed by atoms with Crippen molar-refractivity contribution in [1.29, 1.82) is 0 Å². The number of ether oxygens (including phenoxy) is 1. The van der Waals surface area contributed by atoms with Crippen LogP contribution in [0.2, 0.25) is 0 Å². The molecule has 0 radical (unpaired) electrons. The summed E-state index contributed by atoms with van der Waals surface area (Å²) in [5.74, 6) is 0.958. The van der Waals surface area contributed by atoms with Crippen molar-refractivity contribution in [3.8, 4) is 5.75 Å². The van der Waals surface area contributed by atoms with E-state index in [0.29, 0.717) is 19.5 Å². The molecule has 2 amide bonds. The fourth-order valence-corrected chi connectivity index (χ4v) is 2.66. The molecule has 5 heteroatoms. The van der Waals surface area contributed by atoms with Gasteiger partial charge in [-0.2, -0.15) is 0 Å². The minimum atomic E-state index is -0.575. The second-order valence-electron chi connectivity index (χ2n) is 5.99. The largest absolute Gasteiger partial charge is 0.496 e. The van der Waals surface area contributed by atoms with Gasteiger partial charge in [-0.25, -0.2) is 4.79 Å². The summed E-state index contributed by atoms with van der Waals surface area (Å²) in [5, 5.41) is 15.7. The number of hydrogen-bond acceptors (Lipinski definition) is 3. The van der Waals surface area contributed by atoms with Gasteiger partial charge in [-0.05, 0) is 23.6 Å². The molecule has 0 bridgehead atoms. The zero-order valence-corrected chi connectivity index (χ0v) is 14.7. The van der Waals surface area contributed by atoms with Crippen LogP contribution in [0, 0.1) is 0 Å². The number of aliphatic hydroxyl groups excluding tert-OH is 1. The van der Waals surface area contributed by atoms with Gasteiger partial charge in [0.1, 0.15) is 5.75 Å². The number of nitrogens with one attached hydrogen (secondary N) is 2. The van der Waals surface area contributed by atoms with Crippen molar-refractivity contribution >= 4 is 6.03 Å². The van der Waals surface area contributed by atoms with E-state index in [1.807, 2.05) is 61.5 Å². The third-order valence-corrected chi connectivity index (χ3v) is 4.13. The molecule has 0 spiro atoms. The molecule has 2 aromatic carbocycles. The van der Waals surface area contributed by atoms with E-state index in [2.05, 4.69) is 10.6 Å². The zero-order valence-electron chi connectivity index (χ0n) is 14.7. The van der Waals surface area contributed by atoms with Crippen LogP contribution >= 0.6 is 0 Å². The maximum atomic E-state index is 11.9. The van der Waals surface area contributed by atoms with E-state index < -0.39 is 6.10 Å². The van der Waals surface area contributed by atoms with Crippen molar-refractivity contribution in [1.82, 2.24) is 10.6 Å². The van der Waals surface area contributed by atoms with E-state index in [9.17, 15) is 9.90 Å². The Bertz CT molecular complexity index is 661. The molecule has 2 rings (SSSR count). The Hall–Kier alpha value is -2.53. The van der Waals surface area contributed by atoms with Crippen molar-refractivity contribution in [2.75, 3.05) is 20.2 Å². The first kappa shape index (κ1) is 18.8. The topological polar surface area (TPSA) is 70.6 Å². The van der Waals surface area contributed by atoms with Crippen LogP contribution in [0.15, 0.2) is 54.6 Å². The lowest BCUT2D eigenvalue weighted by Crippen LogP contribution is -2.38. The lowest BCUT2D eigenvalue weighted by molar-refractivity contribution is 0.167. The number of amides is 2. The minimum absolute atomic E-state index is 0.136. The molecule has 0 saturated heterocycles. The molecule has 0 aliphatic rings. The second-order valence-corrected chi connectivity index (χ2v) is 5.99. The van der Waals surface area contributed by atoms with E-state index >= 15 is 0 Å². The van der Waals surface area contributed by atoms with E-state index in [1.54, 1.807) is 7.11 Å². The molecule has 2 unspecified atom stereocenters. The summed E-state index contributed by atoms with van der Waals surface area (Å²) < 4.78 is 5.35. The van der Waals surface area contributed by atoms with Gasteiger partial charge in [-0.3, -0.25) is 0 Å². The maximum Gasteiger partial charge on any atom is 0.314 e. The van der Waals surface area contributed by atoms with E-state index in [1.165, 1.54) is 0 Å². The summed E-state index contributed by atoms with van der Waals surface area (Å²) in [6.07, 6.45) is -0.103. The number of para-hydroxylation sites is 1. The van der Waals surface area contributed by atoms with Gasteiger partial charge in [0.05, 0.1) is 13.2 Å². The molecule has 0 heterocycles. The van der Waals surface area contributed by atoms with Gasteiger partial charge in [0.25, 0.3) is 0 Å². The molecular formula is C20H26N2O3. The van der Waals surface area contributed by atoms with E-state index in [-0.39, 0.29) is 11.9 Å². The highest BCUT2D eigenvalue weighted by molar-refractivity contribution is 5.73. The second kappa shape index (κ2) is 9.69. The van der Waals surface area contributed by atoms with Gasteiger partial charge in [0.2, 0.25) is 0 Å². The van der Waals surface area contributed by atoms with E-state index in [0.717, 1.165) is 16.9 Å². The number of methoxy groups -OCH3 is 1. The standard InChI is InChI=1S/C20H26N2O3/c1-15(17-10-6-7-11-19(17)25-2)14-22-20(24)21-13-12-18(23)16-8-4-3-5-9-16/h3-11,15,18,23H,12-14H2,1-2H3,(H2,21,22,24). The van der Waals surface area contributed by atoms with Gasteiger partial charge < -0.3 is 20.5 Å². The number of carbonyl (C=O) groups excluding carboxylic acids is 1. The molecule has 0 aliphatic carbocycles. The predicted molar refractivity (Wildman–Crippen MR) is 98.8 cm³/mol. The van der Waals surface area contributed by atoms with Crippen LogP contribution in [0.3, 0.4) is 0 Å². The normalized spacial score (nSPS) is 12.9. The van der Waals surface area contributed by atoms with Crippen molar-refractivity contribution in [3.05, 3.63) is 65.7 Å². The monoisotopic (exact) mass is 342 g/mol. The highest BCUT2D eigenvalue weighted by Crippen LogP contribution is 2.25. The quantitative estimate of drug-likeness (QED) is 0.690. The van der Waals surface area contributed by atoms with Gasteiger partial charge in [-0.1, -0.05) is 55.5 Å². The van der Waals surface area contributed by atoms with Crippen LogP contribution in [0.25, 0.3) is 0 Å². The number of aliphatic hydroxyl groups is 1. The summed E-state index contributed by atoms with van der Waals surface area (Å²) in [6, 6.07) is 17.0. The number of rotatable bonds is 8. The van der Waals surface area contributed by atoms with Gasteiger partial charge in [0.15, 0.2) is 0 Å². The third kappa shape index (κ3) is 5.80. The summed E-state index contributed by atoms with van der Waals surface area (Å²) in [7, 11) is 1.64. The van der Waals surface area contributed by atoms with Crippen molar-refractivity contribution < 1.29 is 14.6 Å². The summed E-state index contributed by atoms with van der Waals surface area (Å²) in [6.45, 7) is 2.95. The first-order chi connectivity index (χ1) is 12.1. The summed E-state index contributed by atoms with van der Waals surface area (Å²) in [5.41, 5.74) is 1.92. The Morgan fingerprint density at radius 2 is 1.76 bits per heavy atom. The molecule has 5 nitrogen and oxygen atoms in total. The number of urea groups is 1. The van der Waals surface area contributed by atoms with Gasteiger partial charge in [-0.15, -0.1) is 0 Å². The zero-order chi connectivity index (χ0) is 18.1. The average Bonchev–Trinajstić information content (AvgIpc) is 2.66. The molecule has 2 aromatic rings. The minimum Gasteiger partial charge on any atom is -0.496 e. The van der Waals surface area contributed by atoms with E-state index in [4.69, 9.17) is 4.74 Å². The molecule has 0 fully saturated rings. The number of hydrogen-bond donors (Lipinski definition) is 3. The molecule has 2 atom stereocenters. The lowest BCUT2D eigenvalue weighted by Gasteiger charge is -2.17. The number of benzene rings is 2. The summed E-state index contributed by atoms with van der Waals surface area (Å²) >= 11 is 0. The van der Waals surface area contributed by atoms with Crippen LogP contribution in [-0.4, -0.2) is 31.3 Å². The Balaban J connectivity index is 1.72. The SMILES string of the molecule is COc1ccccc1C(C)CNC(=O)NCCC(O)c1ccccc1. The van der Waals surface area contributed by atoms with Crippen molar-refractivity contribution in [2.45, 2.75) is 25.4 Å². The van der Waals surface area contributed by atoms with Gasteiger partial charge >= 0.3 is 6.03 Å². The lowest BCUT2D eigenvalue weighted by atomic mass is 10.0. The maximum absolute atomic E-state index is 11.9. The highest BCUT2D eigenvalue weighted by Gasteiger charge is 2.12. The van der Waals surface area contributed by atoms with Crippen LogP contribution in [0.4, 0.5) is 4.79 Å². The Kier molecular flexibility index (Phi) is 7.29. The molecule has 0 aliphatic heterocycles. The number of carbonyl (C=O) groups is 1. The Morgan fingerprint density at radius 1 is 1.08 bits per heavy atom. The molecule has 3 N–H and O–H groups in total. The first-order valence-electron chi connectivity index (χ1n) is 8.49. The Labute approximate surface area is 149 Å². The van der Waals surface area contributed by atoms with Crippen LogP contribution < -0.4 is 15.4 Å². The Morgan fingerprint density at radius 3 is 2.48 bits per heavy atom. The van der Waals surface area contributed by atoms with Gasteiger partial charge in [0, 0.05) is 19.0 Å². The predicted octanol–water partition coefficient (Wildman–Crippen LogP) is 3.22. The smallest absolute Gasteiger partial charge is 0.314 e. The molecule has 0 saturated carbocycles. The first-order valence-corrected chi connectivity index (χ1v) is 8.49. The fourth-order valence-electron chi connectivity index (χ4n) is 2.66. The molecule has 0 aromatic heterocycles. The van der Waals surface area contributed by atoms with Crippen LogP contribution in [0.5, 0.6) is 5.75 Å². The molecule has 25 heavy (non-hydrogen) atoms. The highest BCUT2D eigenvalue weighted by atomic mass is 16.5. The average molecular weight is 342 g/mol. The summed E-state index contributed by atoms with van der Waals surface area (Å²) in [4.78, 5) is 11.9. The van der Waals surface area contributed by atoms with Crippen molar-refractivity contribution in [2.24, 2.45) is 0 Å². The molecule has 134 valence electrons.